The Morgan fingerprint density at radius 2 is 1.39 bits per heavy atom. The van der Waals surface area contributed by atoms with Gasteiger partial charge in [-0.1, -0.05) is 39.3 Å². The van der Waals surface area contributed by atoms with E-state index < -0.39 is 17.5 Å². The summed E-state index contributed by atoms with van der Waals surface area (Å²) in [6.07, 6.45) is 2.14. The predicted molar refractivity (Wildman–Crippen MR) is 209 cm³/mol. The topological polar surface area (TPSA) is 209 Å². The average Bonchev–Trinajstić information content (AvgIpc) is 3.18. The number of amides is 5. The summed E-state index contributed by atoms with van der Waals surface area (Å²) in [5.41, 5.74) is -0.142. The van der Waals surface area contributed by atoms with Crippen molar-refractivity contribution in [2.45, 2.75) is 91.0 Å². The fourth-order valence-corrected chi connectivity index (χ4v) is 5.32. The Labute approximate surface area is 331 Å². The number of aldehydes is 1. The second kappa shape index (κ2) is 29.1. The average molecular weight is 796 g/mol. The fourth-order valence-electron chi connectivity index (χ4n) is 5.32. The molecule has 3 atom stereocenters. The SMILES string of the molecule is CCC(C)C(C(CC)OC)N(C)C(=O)CNC(=O)C(C)(C)NC(=O)OCc1ccc(NC(=O)CCOCCOCCNC(=O)CCOCCOCCC=O)cc1. The molecule has 0 heterocycles. The number of alkyl carbamates (subject to hydrolysis) is 1. The van der Waals surface area contributed by atoms with Crippen LogP contribution < -0.4 is 21.3 Å². The van der Waals surface area contributed by atoms with E-state index in [1.54, 1.807) is 43.3 Å². The van der Waals surface area contributed by atoms with Gasteiger partial charge in [0.1, 0.15) is 18.4 Å². The smallest absolute Gasteiger partial charge is 0.408 e. The van der Waals surface area contributed by atoms with Gasteiger partial charge in [-0.3, -0.25) is 19.2 Å². The van der Waals surface area contributed by atoms with Crippen LogP contribution in [-0.2, 0) is 59.0 Å². The lowest BCUT2D eigenvalue weighted by molar-refractivity contribution is -0.138. The second-order valence-corrected chi connectivity index (χ2v) is 13.6. The normalized spacial score (nSPS) is 12.8. The highest BCUT2D eigenvalue weighted by Gasteiger charge is 2.34. The number of hydrogen-bond acceptors (Lipinski definition) is 12. The van der Waals surface area contributed by atoms with Crippen LogP contribution in [0.25, 0.3) is 0 Å². The highest BCUT2D eigenvalue weighted by Crippen LogP contribution is 2.21. The van der Waals surface area contributed by atoms with Crippen LogP contribution in [0.2, 0.25) is 0 Å². The van der Waals surface area contributed by atoms with E-state index in [9.17, 15) is 28.8 Å². The highest BCUT2D eigenvalue weighted by atomic mass is 16.5. The van der Waals surface area contributed by atoms with Gasteiger partial charge in [0.25, 0.3) is 0 Å². The maximum atomic E-state index is 13.0. The number of benzene rings is 1. The minimum atomic E-state index is -1.36. The van der Waals surface area contributed by atoms with Crippen molar-refractivity contribution in [3.63, 3.8) is 0 Å². The first-order valence-electron chi connectivity index (χ1n) is 19.2. The molecule has 0 saturated carbocycles. The zero-order valence-corrected chi connectivity index (χ0v) is 34.3. The van der Waals surface area contributed by atoms with E-state index in [2.05, 4.69) is 35.1 Å². The summed E-state index contributed by atoms with van der Waals surface area (Å²) in [5, 5.41) is 10.7. The summed E-state index contributed by atoms with van der Waals surface area (Å²) in [6.45, 7) is 11.7. The summed E-state index contributed by atoms with van der Waals surface area (Å²) < 4.78 is 32.3. The van der Waals surface area contributed by atoms with Crippen LogP contribution in [0.4, 0.5) is 10.5 Å². The number of carbonyl (C=O) groups excluding carboxylic acids is 6. The van der Waals surface area contributed by atoms with Gasteiger partial charge in [-0.15, -0.1) is 0 Å². The second-order valence-electron chi connectivity index (χ2n) is 13.6. The molecule has 3 unspecified atom stereocenters. The van der Waals surface area contributed by atoms with Gasteiger partial charge >= 0.3 is 6.09 Å². The third-order valence-electron chi connectivity index (χ3n) is 8.78. The van der Waals surface area contributed by atoms with Crippen LogP contribution in [0, 0.1) is 5.92 Å². The molecule has 0 bridgehead atoms. The van der Waals surface area contributed by atoms with Crippen LogP contribution in [-0.4, -0.2) is 139 Å². The van der Waals surface area contributed by atoms with Crippen molar-refractivity contribution in [1.82, 2.24) is 20.9 Å². The van der Waals surface area contributed by atoms with E-state index >= 15 is 0 Å². The van der Waals surface area contributed by atoms with Gasteiger partial charge in [-0.2, -0.15) is 0 Å². The minimum Gasteiger partial charge on any atom is -0.445 e. The Hall–Kier alpha value is -4.16. The Morgan fingerprint density at radius 1 is 0.804 bits per heavy atom. The van der Waals surface area contributed by atoms with Gasteiger partial charge in [0.2, 0.25) is 23.6 Å². The van der Waals surface area contributed by atoms with E-state index in [1.807, 2.05) is 6.92 Å². The van der Waals surface area contributed by atoms with E-state index in [-0.39, 0.29) is 75.0 Å². The predicted octanol–water partition coefficient (Wildman–Crippen LogP) is 2.60. The van der Waals surface area contributed by atoms with Crippen molar-refractivity contribution in [1.29, 1.82) is 0 Å². The van der Waals surface area contributed by atoms with Crippen LogP contribution in [0.15, 0.2) is 24.3 Å². The Bertz CT molecular complexity index is 1310. The van der Waals surface area contributed by atoms with Gasteiger partial charge in [-0.25, -0.2) is 4.79 Å². The largest absolute Gasteiger partial charge is 0.445 e. The number of hydrogen-bond donors (Lipinski definition) is 4. The molecular weight excluding hydrogens is 730 g/mol. The molecule has 0 aliphatic carbocycles. The van der Waals surface area contributed by atoms with Crippen LogP contribution in [0.1, 0.15) is 72.3 Å². The number of carbonyl (C=O) groups is 6. The first-order valence-corrected chi connectivity index (χ1v) is 19.2. The standard InChI is InChI=1S/C39H65N5O12/c1-8-29(3)36(32(9-2)51-7)44(6)35(48)27-41-37(49)39(4,5)43-38(50)56-28-30-11-13-31(14-12-30)42-34(47)16-21-54-25-26-55-22-17-40-33(46)15-20-53-24-23-52-19-10-18-45/h11-14,18,29,32,36H,8-10,15-17,19-28H2,1-7H3,(H,40,46)(H,41,49)(H,42,47)(H,43,50). The summed E-state index contributed by atoms with van der Waals surface area (Å²) in [4.78, 5) is 74.4. The highest BCUT2D eigenvalue weighted by molar-refractivity contribution is 5.92. The minimum absolute atomic E-state index is 0.0742. The number of nitrogens with zero attached hydrogens (tertiary/aromatic N) is 1. The summed E-state index contributed by atoms with van der Waals surface area (Å²) >= 11 is 0. The maximum absolute atomic E-state index is 13.0. The molecule has 318 valence electrons. The van der Waals surface area contributed by atoms with E-state index in [4.69, 9.17) is 28.4 Å². The summed E-state index contributed by atoms with van der Waals surface area (Å²) in [5.74, 6) is -1.01. The molecule has 0 aliphatic heterocycles. The van der Waals surface area contributed by atoms with Crippen molar-refractivity contribution in [3.8, 4) is 0 Å². The summed E-state index contributed by atoms with van der Waals surface area (Å²) in [6, 6.07) is 6.60. The fraction of sp³-hybridized carbons (Fsp3) is 0.692. The monoisotopic (exact) mass is 795 g/mol. The molecule has 56 heavy (non-hydrogen) atoms. The Morgan fingerprint density at radius 3 is 1.96 bits per heavy atom. The van der Waals surface area contributed by atoms with Gasteiger partial charge in [0.15, 0.2) is 0 Å². The van der Waals surface area contributed by atoms with Crippen molar-refractivity contribution >= 4 is 41.7 Å². The van der Waals surface area contributed by atoms with Gasteiger partial charge in [0.05, 0.1) is 78.0 Å². The van der Waals surface area contributed by atoms with Gasteiger partial charge in [-0.05, 0) is 43.9 Å². The molecule has 17 heteroatoms. The zero-order valence-electron chi connectivity index (χ0n) is 34.3. The number of ether oxygens (including phenoxy) is 6. The molecule has 0 spiro atoms. The molecular formula is C39H65N5O12. The lowest BCUT2D eigenvalue weighted by Gasteiger charge is -2.37. The van der Waals surface area contributed by atoms with Gasteiger partial charge < -0.3 is 59.4 Å². The molecule has 0 aromatic heterocycles. The number of methoxy groups -OCH3 is 1. The van der Waals surface area contributed by atoms with E-state index in [0.717, 1.165) is 19.1 Å². The summed E-state index contributed by atoms with van der Waals surface area (Å²) in [7, 11) is 3.34. The molecule has 17 nitrogen and oxygen atoms in total. The molecule has 0 aliphatic rings. The molecule has 1 aromatic rings. The quantitative estimate of drug-likeness (QED) is 0.0632. The van der Waals surface area contributed by atoms with Crippen LogP contribution in [0.3, 0.4) is 0 Å². The molecule has 0 saturated heterocycles. The molecule has 5 amide bonds. The lowest BCUT2D eigenvalue weighted by Crippen LogP contribution is -2.57. The lowest BCUT2D eigenvalue weighted by atomic mass is 9.91. The van der Waals surface area contributed by atoms with E-state index in [1.165, 1.54) is 13.8 Å². The maximum Gasteiger partial charge on any atom is 0.408 e. The number of rotatable bonds is 31. The third-order valence-corrected chi connectivity index (χ3v) is 8.78. The van der Waals surface area contributed by atoms with Crippen LogP contribution >= 0.6 is 0 Å². The number of nitrogens with one attached hydrogen (secondary N) is 4. The first kappa shape index (κ1) is 49.9. The molecule has 1 aromatic carbocycles. The first-order chi connectivity index (χ1) is 26.8. The molecule has 0 radical (unpaired) electrons. The van der Waals surface area contributed by atoms with Crippen molar-refractivity contribution < 1.29 is 57.2 Å². The Kier molecular flexibility index (Phi) is 25.9. The molecule has 1 rings (SSSR count). The van der Waals surface area contributed by atoms with Crippen LogP contribution in [0.5, 0.6) is 0 Å². The third kappa shape index (κ3) is 21.2. The number of anilines is 1. The molecule has 4 N–H and O–H groups in total. The van der Waals surface area contributed by atoms with Crippen molar-refractivity contribution in [3.05, 3.63) is 29.8 Å². The zero-order chi connectivity index (χ0) is 41.8. The van der Waals surface area contributed by atoms with Crippen molar-refractivity contribution in [2.24, 2.45) is 5.92 Å². The Balaban J connectivity index is 2.26. The number of likely N-dealkylation sites (N-methyl/N-ethyl adjacent to an activating group) is 1. The van der Waals surface area contributed by atoms with Crippen molar-refractivity contribution in [2.75, 3.05) is 85.4 Å². The van der Waals surface area contributed by atoms with Gasteiger partial charge in [0, 0.05) is 39.2 Å². The van der Waals surface area contributed by atoms with E-state index in [0.29, 0.717) is 63.9 Å². The molecule has 0 fully saturated rings.